The van der Waals surface area contributed by atoms with Crippen molar-refractivity contribution in [2.45, 2.75) is 0 Å². The number of H-pyrrole nitrogens is 1. The summed E-state index contributed by atoms with van der Waals surface area (Å²) >= 11 is 0. The number of aromatic nitrogens is 3. The Balaban J connectivity index is 1.76. The van der Waals surface area contributed by atoms with Gasteiger partial charge in [-0.25, -0.2) is 4.98 Å². The summed E-state index contributed by atoms with van der Waals surface area (Å²) in [6.45, 7) is 3.12. The maximum Gasteiger partial charge on any atom is 0.150 e. The van der Waals surface area contributed by atoms with Crippen LogP contribution < -0.4 is 4.90 Å². The second kappa shape index (κ2) is 5.81. The van der Waals surface area contributed by atoms with Crippen LogP contribution in [0.4, 0.5) is 5.82 Å². The molecule has 23 heavy (non-hydrogen) atoms. The molecule has 0 unspecified atom stereocenters. The first-order valence-corrected chi connectivity index (χ1v) is 7.57. The minimum Gasteiger partial charge on any atom is -0.378 e. The van der Waals surface area contributed by atoms with Crippen molar-refractivity contribution in [2.75, 3.05) is 31.2 Å². The Labute approximate surface area is 133 Å². The lowest BCUT2D eigenvalue weighted by molar-refractivity contribution is 0.112. The molecule has 0 amide bonds. The van der Waals surface area contributed by atoms with Crippen LogP contribution in [0, 0.1) is 0 Å². The van der Waals surface area contributed by atoms with Crippen molar-refractivity contribution in [2.24, 2.45) is 0 Å². The van der Waals surface area contributed by atoms with Gasteiger partial charge in [-0.2, -0.15) is 5.10 Å². The molecule has 116 valence electrons. The number of hydrogen-bond acceptors (Lipinski definition) is 5. The second-order valence-corrected chi connectivity index (χ2v) is 5.50. The van der Waals surface area contributed by atoms with Gasteiger partial charge < -0.3 is 9.64 Å². The number of aldehydes is 1. The van der Waals surface area contributed by atoms with E-state index in [2.05, 4.69) is 20.1 Å². The number of nitrogens with zero attached hydrogens (tertiary/aromatic N) is 3. The van der Waals surface area contributed by atoms with E-state index >= 15 is 0 Å². The summed E-state index contributed by atoms with van der Waals surface area (Å²) in [5, 5.41) is 8.37. The molecule has 2 aromatic heterocycles. The van der Waals surface area contributed by atoms with Gasteiger partial charge in [0.25, 0.3) is 0 Å². The smallest absolute Gasteiger partial charge is 0.150 e. The average Bonchev–Trinajstić information content (AvgIpc) is 3.05. The third-order valence-corrected chi connectivity index (χ3v) is 4.08. The predicted octanol–water partition coefficient (Wildman–Crippen LogP) is 2.27. The molecule has 0 spiro atoms. The first-order chi connectivity index (χ1) is 11.3. The molecule has 4 rings (SSSR count). The highest BCUT2D eigenvalue weighted by atomic mass is 16.5. The van der Waals surface area contributed by atoms with E-state index in [1.807, 2.05) is 24.3 Å². The van der Waals surface area contributed by atoms with Crippen LogP contribution in [0.5, 0.6) is 0 Å². The zero-order valence-electron chi connectivity index (χ0n) is 12.5. The summed E-state index contributed by atoms with van der Waals surface area (Å²) in [5.74, 6) is 0.925. The maximum absolute atomic E-state index is 11.0. The van der Waals surface area contributed by atoms with Gasteiger partial charge in [0.2, 0.25) is 0 Å². The molecule has 1 aromatic carbocycles. The number of rotatable bonds is 3. The lowest BCUT2D eigenvalue weighted by Crippen LogP contribution is -2.36. The van der Waals surface area contributed by atoms with Crippen molar-refractivity contribution in [1.82, 2.24) is 15.2 Å². The molecular formula is C17H16N4O2. The molecule has 1 aliphatic heterocycles. The third kappa shape index (κ3) is 2.57. The van der Waals surface area contributed by atoms with Gasteiger partial charge in [0.15, 0.2) is 0 Å². The van der Waals surface area contributed by atoms with Gasteiger partial charge in [0, 0.05) is 35.8 Å². The number of carbonyl (C=O) groups excluding carboxylic acids is 1. The summed E-state index contributed by atoms with van der Waals surface area (Å²) < 4.78 is 5.39. The Morgan fingerprint density at radius 3 is 2.87 bits per heavy atom. The van der Waals surface area contributed by atoms with E-state index in [1.165, 1.54) is 0 Å². The van der Waals surface area contributed by atoms with Crippen molar-refractivity contribution in [3.05, 3.63) is 42.1 Å². The summed E-state index contributed by atoms with van der Waals surface area (Å²) in [6.07, 6.45) is 2.64. The van der Waals surface area contributed by atoms with E-state index in [4.69, 9.17) is 4.74 Å². The van der Waals surface area contributed by atoms with Gasteiger partial charge in [0.1, 0.15) is 17.8 Å². The molecule has 0 bridgehead atoms. The Morgan fingerprint density at radius 1 is 1.17 bits per heavy atom. The second-order valence-electron chi connectivity index (χ2n) is 5.50. The molecule has 0 saturated carbocycles. The van der Waals surface area contributed by atoms with E-state index in [0.717, 1.165) is 60.6 Å². The van der Waals surface area contributed by atoms with E-state index < -0.39 is 0 Å². The van der Waals surface area contributed by atoms with Gasteiger partial charge in [0.05, 0.1) is 18.7 Å². The fourth-order valence-electron chi connectivity index (χ4n) is 2.86. The van der Waals surface area contributed by atoms with Crippen LogP contribution in [0.3, 0.4) is 0 Å². The molecule has 1 fully saturated rings. The summed E-state index contributed by atoms with van der Waals surface area (Å²) in [6, 6.07) is 9.49. The number of fused-ring (bicyclic) bond motifs is 1. The normalized spacial score (nSPS) is 15.0. The highest BCUT2D eigenvalue weighted by molar-refractivity contribution is 5.96. The van der Waals surface area contributed by atoms with Crippen LogP contribution in [-0.2, 0) is 4.74 Å². The van der Waals surface area contributed by atoms with E-state index in [1.54, 1.807) is 12.3 Å². The van der Waals surface area contributed by atoms with Crippen LogP contribution in [0.15, 0.2) is 36.5 Å². The first kappa shape index (κ1) is 13.9. The molecule has 0 radical (unpaired) electrons. The summed E-state index contributed by atoms with van der Waals surface area (Å²) in [5.41, 5.74) is 3.37. The number of pyridine rings is 1. The highest BCUT2D eigenvalue weighted by Gasteiger charge is 2.15. The van der Waals surface area contributed by atoms with Crippen molar-refractivity contribution < 1.29 is 9.53 Å². The molecule has 3 heterocycles. The van der Waals surface area contributed by atoms with Crippen molar-refractivity contribution in [3.8, 4) is 11.3 Å². The van der Waals surface area contributed by atoms with Crippen molar-refractivity contribution in [3.63, 3.8) is 0 Å². The Kier molecular flexibility index (Phi) is 3.51. The topological polar surface area (TPSA) is 71.1 Å². The Bertz CT molecular complexity index is 853. The van der Waals surface area contributed by atoms with Crippen LogP contribution in [0.25, 0.3) is 22.2 Å². The number of hydrogen-bond donors (Lipinski definition) is 1. The lowest BCUT2D eigenvalue weighted by atomic mass is 10.1. The van der Waals surface area contributed by atoms with E-state index in [-0.39, 0.29) is 0 Å². The molecule has 1 N–H and O–H groups in total. The summed E-state index contributed by atoms with van der Waals surface area (Å²) in [7, 11) is 0. The lowest BCUT2D eigenvalue weighted by Gasteiger charge is -2.27. The molecule has 6 heteroatoms. The van der Waals surface area contributed by atoms with Crippen LogP contribution in [0.1, 0.15) is 10.4 Å². The third-order valence-electron chi connectivity index (χ3n) is 4.08. The number of carbonyl (C=O) groups is 1. The molecular weight excluding hydrogens is 292 g/mol. The quantitative estimate of drug-likeness (QED) is 0.752. The van der Waals surface area contributed by atoms with Gasteiger partial charge in [-0.05, 0) is 30.3 Å². The molecule has 1 saturated heterocycles. The minimum atomic E-state index is 0.641. The SMILES string of the molecule is O=Cc1ccc2[nH]nc(-c3ccnc(N4CCOCC4)c3)c2c1. The van der Waals surface area contributed by atoms with Crippen LogP contribution in [-0.4, -0.2) is 47.8 Å². The van der Waals surface area contributed by atoms with Gasteiger partial charge in [-0.3, -0.25) is 9.89 Å². The predicted molar refractivity (Wildman–Crippen MR) is 87.7 cm³/mol. The van der Waals surface area contributed by atoms with Crippen molar-refractivity contribution >= 4 is 23.0 Å². The van der Waals surface area contributed by atoms with Gasteiger partial charge in [-0.15, -0.1) is 0 Å². The fourth-order valence-corrected chi connectivity index (χ4v) is 2.86. The molecule has 6 nitrogen and oxygen atoms in total. The fraction of sp³-hybridized carbons (Fsp3) is 0.235. The monoisotopic (exact) mass is 308 g/mol. The number of benzene rings is 1. The summed E-state index contributed by atoms with van der Waals surface area (Å²) in [4.78, 5) is 17.7. The number of nitrogens with one attached hydrogen (secondary N) is 1. The zero-order valence-corrected chi connectivity index (χ0v) is 12.5. The largest absolute Gasteiger partial charge is 0.378 e. The zero-order chi connectivity index (χ0) is 15.6. The van der Waals surface area contributed by atoms with Gasteiger partial charge in [-0.1, -0.05) is 0 Å². The van der Waals surface area contributed by atoms with Crippen LogP contribution in [0.2, 0.25) is 0 Å². The standard InChI is InChI=1S/C17H16N4O2/c22-11-12-1-2-15-14(9-12)17(20-19-15)13-3-4-18-16(10-13)21-5-7-23-8-6-21/h1-4,9-11H,5-8H2,(H,19,20). The Morgan fingerprint density at radius 2 is 2.04 bits per heavy atom. The average molecular weight is 308 g/mol. The maximum atomic E-state index is 11.0. The first-order valence-electron chi connectivity index (χ1n) is 7.57. The van der Waals surface area contributed by atoms with Crippen molar-refractivity contribution in [1.29, 1.82) is 0 Å². The van der Waals surface area contributed by atoms with Gasteiger partial charge >= 0.3 is 0 Å². The number of aromatic amines is 1. The van der Waals surface area contributed by atoms with E-state index in [0.29, 0.717) is 5.56 Å². The Hall–Kier alpha value is -2.73. The molecule has 0 aliphatic carbocycles. The molecule has 0 atom stereocenters. The number of anilines is 1. The molecule has 3 aromatic rings. The van der Waals surface area contributed by atoms with Crippen LogP contribution >= 0.6 is 0 Å². The van der Waals surface area contributed by atoms with E-state index in [9.17, 15) is 4.79 Å². The number of morpholine rings is 1. The minimum absolute atomic E-state index is 0.641. The highest BCUT2D eigenvalue weighted by Crippen LogP contribution is 2.28. The molecule has 1 aliphatic rings. The number of ether oxygens (including phenoxy) is 1.